The van der Waals surface area contributed by atoms with Crippen LogP contribution in [0.1, 0.15) is 34.5 Å². The highest BCUT2D eigenvalue weighted by molar-refractivity contribution is 5.95. The Morgan fingerprint density at radius 3 is 2.56 bits per heavy atom. The second kappa shape index (κ2) is 6.64. The number of aryl methyl sites for hydroxylation is 1. The standard InChI is InChI=1S/C20H26N4O/c1-14-4-3-5-18(10-14)24-15(2)19(13-22-24)20(25)23-8-6-16-11-21-12-17(16)7-9-23/h3-5,10,13,16-17,21H,6-9,11-12H2,1-2H3/t16-,17+. The molecule has 5 nitrogen and oxygen atoms in total. The summed E-state index contributed by atoms with van der Waals surface area (Å²) in [5.41, 5.74) is 3.84. The van der Waals surface area contributed by atoms with Crippen molar-refractivity contribution >= 4 is 5.91 Å². The molecular weight excluding hydrogens is 312 g/mol. The summed E-state index contributed by atoms with van der Waals surface area (Å²) < 4.78 is 1.87. The van der Waals surface area contributed by atoms with Gasteiger partial charge in [0.15, 0.2) is 0 Å². The number of carbonyl (C=O) groups excluding carboxylic acids is 1. The minimum atomic E-state index is 0.129. The maximum absolute atomic E-state index is 13.1. The summed E-state index contributed by atoms with van der Waals surface area (Å²) in [5, 5.41) is 7.97. The van der Waals surface area contributed by atoms with E-state index in [1.54, 1.807) is 6.20 Å². The van der Waals surface area contributed by atoms with Gasteiger partial charge in [0.25, 0.3) is 5.91 Å². The summed E-state index contributed by atoms with van der Waals surface area (Å²) in [7, 11) is 0. The van der Waals surface area contributed by atoms with E-state index >= 15 is 0 Å². The van der Waals surface area contributed by atoms with Crippen molar-refractivity contribution in [2.75, 3.05) is 26.2 Å². The molecule has 25 heavy (non-hydrogen) atoms. The molecule has 3 heterocycles. The summed E-state index contributed by atoms with van der Waals surface area (Å²) in [6.07, 6.45) is 3.94. The van der Waals surface area contributed by atoms with Gasteiger partial charge in [-0.25, -0.2) is 4.68 Å². The minimum absolute atomic E-state index is 0.129. The van der Waals surface area contributed by atoms with E-state index in [-0.39, 0.29) is 5.91 Å². The zero-order chi connectivity index (χ0) is 17.4. The van der Waals surface area contributed by atoms with Crippen LogP contribution in [0.15, 0.2) is 30.5 Å². The highest BCUT2D eigenvalue weighted by Crippen LogP contribution is 2.28. The summed E-state index contributed by atoms with van der Waals surface area (Å²) in [6.45, 7) is 7.98. The van der Waals surface area contributed by atoms with Crippen molar-refractivity contribution in [2.45, 2.75) is 26.7 Å². The molecule has 0 saturated carbocycles. The normalized spacial score (nSPS) is 23.4. The van der Waals surface area contributed by atoms with Crippen molar-refractivity contribution in [1.29, 1.82) is 0 Å². The molecule has 1 amide bonds. The monoisotopic (exact) mass is 338 g/mol. The predicted octanol–water partition coefficient (Wildman–Crippen LogP) is 2.56. The number of nitrogens with one attached hydrogen (secondary N) is 1. The Morgan fingerprint density at radius 2 is 1.88 bits per heavy atom. The predicted molar refractivity (Wildman–Crippen MR) is 98.0 cm³/mol. The number of amides is 1. The number of hydrogen-bond donors (Lipinski definition) is 1. The van der Waals surface area contributed by atoms with Crippen LogP contribution in [0.3, 0.4) is 0 Å². The summed E-state index contributed by atoms with van der Waals surface area (Å²) in [5.74, 6) is 1.59. The maximum Gasteiger partial charge on any atom is 0.257 e. The molecule has 0 unspecified atom stereocenters. The van der Waals surface area contributed by atoms with E-state index in [0.717, 1.165) is 67.8 Å². The topological polar surface area (TPSA) is 50.2 Å². The van der Waals surface area contributed by atoms with Crippen molar-refractivity contribution in [3.63, 3.8) is 0 Å². The van der Waals surface area contributed by atoms with Crippen LogP contribution in [0.4, 0.5) is 0 Å². The Bertz CT molecular complexity index is 768. The minimum Gasteiger partial charge on any atom is -0.339 e. The van der Waals surface area contributed by atoms with Crippen LogP contribution < -0.4 is 5.32 Å². The van der Waals surface area contributed by atoms with E-state index < -0.39 is 0 Å². The van der Waals surface area contributed by atoms with E-state index in [0.29, 0.717) is 0 Å². The van der Waals surface area contributed by atoms with Crippen molar-refractivity contribution < 1.29 is 4.79 Å². The van der Waals surface area contributed by atoms with Crippen molar-refractivity contribution in [3.05, 3.63) is 47.3 Å². The zero-order valence-corrected chi connectivity index (χ0v) is 15.0. The second-order valence-electron chi connectivity index (χ2n) is 7.44. The Kier molecular flexibility index (Phi) is 4.34. The lowest BCUT2D eigenvalue weighted by Crippen LogP contribution is -2.33. The number of rotatable bonds is 2. The smallest absolute Gasteiger partial charge is 0.257 e. The van der Waals surface area contributed by atoms with E-state index in [9.17, 15) is 4.79 Å². The van der Waals surface area contributed by atoms with Crippen LogP contribution >= 0.6 is 0 Å². The molecule has 5 heteroatoms. The first-order valence-corrected chi connectivity index (χ1v) is 9.25. The fourth-order valence-corrected chi connectivity index (χ4v) is 4.23. The Hall–Kier alpha value is -2.14. The molecule has 0 bridgehead atoms. The molecule has 0 spiro atoms. The number of likely N-dealkylation sites (tertiary alicyclic amines) is 1. The molecule has 2 atom stereocenters. The van der Waals surface area contributed by atoms with Crippen LogP contribution in [0.25, 0.3) is 5.69 Å². The van der Waals surface area contributed by atoms with Gasteiger partial charge in [0.2, 0.25) is 0 Å². The molecule has 2 saturated heterocycles. The van der Waals surface area contributed by atoms with Crippen LogP contribution in [-0.2, 0) is 0 Å². The van der Waals surface area contributed by atoms with E-state index in [1.165, 1.54) is 5.56 Å². The van der Waals surface area contributed by atoms with Gasteiger partial charge in [-0.3, -0.25) is 4.79 Å². The van der Waals surface area contributed by atoms with E-state index in [4.69, 9.17) is 0 Å². The van der Waals surface area contributed by atoms with Gasteiger partial charge in [-0.1, -0.05) is 12.1 Å². The molecule has 1 aromatic heterocycles. The molecule has 1 aromatic carbocycles. The Labute approximate surface area is 149 Å². The largest absolute Gasteiger partial charge is 0.339 e. The van der Waals surface area contributed by atoms with Crippen molar-refractivity contribution in [1.82, 2.24) is 20.0 Å². The summed E-state index contributed by atoms with van der Waals surface area (Å²) >= 11 is 0. The molecule has 0 aliphatic carbocycles. The first-order valence-electron chi connectivity index (χ1n) is 9.25. The molecule has 0 radical (unpaired) electrons. The summed E-state index contributed by atoms with van der Waals surface area (Å²) in [6, 6.07) is 8.21. The third kappa shape index (κ3) is 3.09. The summed E-state index contributed by atoms with van der Waals surface area (Å²) in [4.78, 5) is 15.1. The van der Waals surface area contributed by atoms with Gasteiger partial charge in [-0.05, 0) is 69.3 Å². The molecule has 1 N–H and O–H groups in total. The lowest BCUT2D eigenvalue weighted by Gasteiger charge is -2.20. The van der Waals surface area contributed by atoms with Gasteiger partial charge in [-0.15, -0.1) is 0 Å². The maximum atomic E-state index is 13.1. The Morgan fingerprint density at radius 1 is 1.16 bits per heavy atom. The average molecular weight is 338 g/mol. The van der Waals surface area contributed by atoms with Gasteiger partial charge < -0.3 is 10.2 Å². The van der Waals surface area contributed by atoms with E-state index in [2.05, 4.69) is 29.5 Å². The number of nitrogens with zero attached hydrogens (tertiary/aromatic N) is 3. The number of benzene rings is 1. The number of carbonyl (C=O) groups is 1. The van der Waals surface area contributed by atoms with Crippen LogP contribution in [0.2, 0.25) is 0 Å². The molecule has 2 aromatic rings. The van der Waals surface area contributed by atoms with Crippen LogP contribution in [-0.4, -0.2) is 46.8 Å². The molecule has 2 aliphatic heterocycles. The fourth-order valence-electron chi connectivity index (χ4n) is 4.23. The highest BCUT2D eigenvalue weighted by atomic mass is 16.2. The lowest BCUT2D eigenvalue weighted by atomic mass is 9.92. The number of fused-ring (bicyclic) bond motifs is 1. The zero-order valence-electron chi connectivity index (χ0n) is 15.0. The first-order chi connectivity index (χ1) is 12.1. The number of hydrogen-bond acceptors (Lipinski definition) is 3. The van der Waals surface area contributed by atoms with Gasteiger partial charge >= 0.3 is 0 Å². The average Bonchev–Trinajstić information content (AvgIpc) is 3.16. The number of aromatic nitrogens is 2. The second-order valence-corrected chi connectivity index (χ2v) is 7.44. The van der Waals surface area contributed by atoms with Gasteiger partial charge in [0.05, 0.1) is 23.1 Å². The highest BCUT2D eigenvalue weighted by Gasteiger charge is 2.32. The molecule has 132 valence electrons. The van der Waals surface area contributed by atoms with Crippen molar-refractivity contribution in [3.8, 4) is 5.69 Å². The van der Waals surface area contributed by atoms with Gasteiger partial charge in [-0.2, -0.15) is 5.10 Å². The quantitative estimate of drug-likeness (QED) is 0.915. The Balaban J connectivity index is 1.55. The SMILES string of the molecule is Cc1cccc(-n2ncc(C(=O)N3CC[C@@H]4CNC[C@@H]4CC3)c2C)c1. The van der Waals surface area contributed by atoms with Crippen LogP contribution in [0.5, 0.6) is 0 Å². The van der Waals surface area contributed by atoms with Gasteiger partial charge in [0.1, 0.15) is 0 Å². The molecule has 2 fully saturated rings. The first kappa shape index (κ1) is 16.3. The van der Waals surface area contributed by atoms with E-state index in [1.807, 2.05) is 28.6 Å². The third-order valence-corrected chi connectivity index (χ3v) is 5.79. The van der Waals surface area contributed by atoms with Gasteiger partial charge in [0, 0.05) is 13.1 Å². The fraction of sp³-hybridized carbons (Fsp3) is 0.500. The molecule has 4 rings (SSSR count). The molecular formula is C20H26N4O. The van der Waals surface area contributed by atoms with Crippen molar-refractivity contribution in [2.24, 2.45) is 11.8 Å². The lowest BCUT2D eigenvalue weighted by molar-refractivity contribution is 0.0758. The third-order valence-electron chi connectivity index (χ3n) is 5.79. The van der Waals surface area contributed by atoms with Crippen LogP contribution in [0, 0.1) is 25.7 Å². The molecule has 2 aliphatic rings.